The molecule has 19 heavy (non-hydrogen) atoms. The normalized spacial score (nSPS) is 23.7. The minimum atomic E-state index is -0.187. The van der Waals surface area contributed by atoms with Crippen LogP contribution >= 0.6 is 0 Å². The van der Waals surface area contributed by atoms with Gasteiger partial charge in [0.15, 0.2) is 0 Å². The van der Waals surface area contributed by atoms with Crippen molar-refractivity contribution in [3.8, 4) is 5.75 Å². The highest BCUT2D eigenvalue weighted by molar-refractivity contribution is 5.57. The van der Waals surface area contributed by atoms with Gasteiger partial charge in [-0.15, -0.1) is 0 Å². The molecule has 1 fully saturated rings. The topological polar surface area (TPSA) is 41.5 Å². The highest BCUT2D eigenvalue weighted by Gasteiger charge is 2.21. The lowest BCUT2D eigenvalue weighted by Gasteiger charge is -2.28. The molecule has 1 aliphatic rings. The Morgan fingerprint density at radius 1 is 1.32 bits per heavy atom. The zero-order valence-electron chi connectivity index (χ0n) is 11.5. The molecule has 2 N–H and O–H groups in total. The van der Waals surface area contributed by atoms with Gasteiger partial charge in [-0.25, -0.2) is 0 Å². The molecule has 1 aromatic carbocycles. The Kier molecular flexibility index (Phi) is 5.43. The first-order chi connectivity index (χ1) is 9.31. The molecule has 0 bridgehead atoms. The van der Waals surface area contributed by atoms with Crippen LogP contribution in [0.1, 0.15) is 31.2 Å². The summed E-state index contributed by atoms with van der Waals surface area (Å²) in [6, 6.07) is 8.20. The average Bonchev–Trinajstić information content (AvgIpc) is 2.45. The molecule has 2 unspecified atom stereocenters. The number of methoxy groups -OCH3 is 1. The monoisotopic (exact) mass is 261 g/mol. The fourth-order valence-corrected chi connectivity index (χ4v) is 2.56. The predicted octanol–water partition coefficient (Wildman–Crippen LogP) is 2.60. The summed E-state index contributed by atoms with van der Waals surface area (Å²) < 4.78 is 5.30. The second-order valence-corrected chi connectivity index (χ2v) is 5.01. The largest absolute Gasteiger partial charge is 0.496 e. The number of ether oxygens (including phenoxy) is 1. The van der Waals surface area contributed by atoms with Crippen LogP contribution in [0.3, 0.4) is 0 Å². The van der Waals surface area contributed by atoms with Crippen LogP contribution in [0.5, 0.6) is 5.75 Å². The third-order valence-corrected chi connectivity index (χ3v) is 3.66. The van der Waals surface area contributed by atoms with Crippen molar-refractivity contribution in [1.29, 1.82) is 0 Å². The van der Waals surface area contributed by atoms with E-state index in [2.05, 4.69) is 17.5 Å². The van der Waals surface area contributed by atoms with Crippen molar-refractivity contribution in [1.82, 2.24) is 5.32 Å². The van der Waals surface area contributed by atoms with Crippen LogP contribution in [0, 0.1) is 0 Å². The minimum absolute atomic E-state index is 0.187. The maximum atomic E-state index is 9.86. The van der Waals surface area contributed by atoms with E-state index >= 15 is 0 Å². The van der Waals surface area contributed by atoms with E-state index in [1.807, 2.05) is 24.3 Å². The summed E-state index contributed by atoms with van der Waals surface area (Å²) in [4.78, 5) is 0. The molecule has 2 rings (SSSR count). The highest BCUT2D eigenvalue weighted by Crippen LogP contribution is 2.19. The summed E-state index contributed by atoms with van der Waals surface area (Å²) in [6.45, 7) is 0.778. The van der Waals surface area contributed by atoms with Gasteiger partial charge in [0, 0.05) is 18.2 Å². The molecule has 0 radical (unpaired) electrons. The van der Waals surface area contributed by atoms with E-state index in [1.54, 1.807) is 7.11 Å². The maximum Gasteiger partial charge on any atom is 0.126 e. The number of aliphatic hydroxyl groups is 1. The molecule has 0 heterocycles. The lowest BCUT2D eigenvalue weighted by Crippen LogP contribution is -2.42. The van der Waals surface area contributed by atoms with Gasteiger partial charge in [-0.3, -0.25) is 0 Å². The first-order valence-corrected chi connectivity index (χ1v) is 7.02. The molecule has 0 spiro atoms. The number of nitrogens with one attached hydrogen (secondary N) is 1. The Hall–Kier alpha value is -1.32. The number of hydrogen-bond acceptors (Lipinski definition) is 3. The van der Waals surface area contributed by atoms with Gasteiger partial charge in [0.2, 0.25) is 0 Å². The van der Waals surface area contributed by atoms with Crippen LogP contribution in [0.2, 0.25) is 0 Å². The number of hydrogen-bond donors (Lipinski definition) is 2. The van der Waals surface area contributed by atoms with E-state index in [4.69, 9.17) is 4.74 Å². The number of benzene rings is 1. The SMILES string of the molecule is COc1ccccc1C=CCNC1CCCCC1O. The summed E-state index contributed by atoms with van der Waals surface area (Å²) in [5.41, 5.74) is 1.08. The van der Waals surface area contributed by atoms with Gasteiger partial charge in [-0.2, -0.15) is 0 Å². The number of rotatable bonds is 5. The Morgan fingerprint density at radius 2 is 2.11 bits per heavy atom. The first kappa shape index (κ1) is 14.1. The summed E-state index contributed by atoms with van der Waals surface area (Å²) in [6.07, 6.45) is 8.31. The van der Waals surface area contributed by atoms with E-state index in [0.717, 1.165) is 37.1 Å². The van der Waals surface area contributed by atoms with Gasteiger partial charge in [0.25, 0.3) is 0 Å². The van der Waals surface area contributed by atoms with E-state index < -0.39 is 0 Å². The Morgan fingerprint density at radius 3 is 2.89 bits per heavy atom. The quantitative estimate of drug-likeness (QED) is 0.856. The van der Waals surface area contributed by atoms with Crippen molar-refractivity contribution in [2.75, 3.05) is 13.7 Å². The molecule has 3 nitrogen and oxygen atoms in total. The van der Waals surface area contributed by atoms with E-state index in [-0.39, 0.29) is 12.1 Å². The second-order valence-electron chi connectivity index (χ2n) is 5.01. The van der Waals surface area contributed by atoms with Crippen molar-refractivity contribution in [2.24, 2.45) is 0 Å². The molecule has 1 aromatic rings. The van der Waals surface area contributed by atoms with Crippen LogP contribution in [-0.4, -0.2) is 30.9 Å². The van der Waals surface area contributed by atoms with Gasteiger partial charge in [0.1, 0.15) is 5.75 Å². The van der Waals surface area contributed by atoms with Gasteiger partial charge in [-0.1, -0.05) is 43.2 Å². The van der Waals surface area contributed by atoms with Gasteiger partial charge in [0.05, 0.1) is 13.2 Å². The van der Waals surface area contributed by atoms with Gasteiger partial charge >= 0.3 is 0 Å². The molecule has 0 amide bonds. The summed E-state index contributed by atoms with van der Waals surface area (Å²) in [5.74, 6) is 0.886. The first-order valence-electron chi connectivity index (χ1n) is 7.02. The van der Waals surface area contributed by atoms with Crippen molar-refractivity contribution < 1.29 is 9.84 Å². The van der Waals surface area contributed by atoms with E-state index in [1.165, 1.54) is 6.42 Å². The van der Waals surface area contributed by atoms with Crippen LogP contribution in [-0.2, 0) is 0 Å². The van der Waals surface area contributed by atoms with Crippen LogP contribution in [0.15, 0.2) is 30.3 Å². The zero-order chi connectivity index (χ0) is 13.5. The van der Waals surface area contributed by atoms with Crippen LogP contribution in [0.25, 0.3) is 6.08 Å². The summed E-state index contributed by atoms with van der Waals surface area (Å²) >= 11 is 0. The lowest BCUT2D eigenvalue weighted by atomic mass is 9.92. The number of para-hydroxylation sites is 1. The Labute approximate surface area is 115 Å². The molecule has 0 aliphatic heterocycles. The molecule has 0 aromatic heterocycles. The summed E-state index contributed by atoms with van der Waals surface area (Å²) in [7, 11) is 1.68. The van der Waals surface area contributed by atoms with Crippen molar-refractivity contribution in [3.05, 3.63) is 35.9 Å². The van der Waals surface area contributed by atoms with Crippen molar-refractivity contribution >= 4 is 6.08 Å². The maximum absolute atomic E-state index is 9.86. The number of aliphatic hydroxyl groups excluding tert-OH is 1. The Balaban J connectivity index is 1.83. The lowest BCUT2D eigenvalue weighted by molar-refractivity contribution is 0.0929. The fraction of sp³-hybridized carbons (Fsp3) is 0.500. The third-order valence-electron chi connectivity index (χ3n) is 3.66. The minimum Gasteiger partial charge on any atom is -0.496 e. The fourth-order valence-electron chi connectivity index (χ4n) is 2.56. The molecule has 0 saturated heterocycles. The molecule has 1 aliphatic carbocycles. The summed E-state index contributed by atoms with van der Waals surface area (Å²) in [5, 5.41) is 13.3. The van der Waals surface area contributed by atoms with Crippen molar-refractivity contribution in [3.63, 3.8) is 0 Å². The highest BCUT2D eigenvalue weighted by atomic mass is 16.5. The van der Waals surface area contributed by atoms with Gasteiger partial charge in [-0.05, 0) is 18.9 Å². The molecular formula is C16H23NO2. The smallest absolute Gasteiger partial charge is 0.126 e. The van der Waals surface area contributed by atoms with Crippen molar-refractivity contribution in [2.45, 2.75) is 37.8 Å². The van der Waals surface area contributed by atoms with E-state index in [9.17, 15) is 5.11 Å². The van der Waals surface area contributed by atoms with Crippen LogP contribution < -0.4 is 10.1 Å². The van der Waals surface area contributed by atoms with E-state index in [0.29, 0.717) is 0 Å². The predicted molar refractivity (Wildman–Crippen MR) is 78.3 cm³/mol. The third kappa shape index (κ3) is 4.08. The molecule has 3 heteroatoms. The zero-order valence-corrected chi connectivity index (χ0v) is 11.5. The second kappa shape index (κ2) is 7.31. The standard InChI is InChI=1S/C16H23NO2/c1-19-16-11-5-2-7-13(16)8-6-12-17-14-9-3-4-10-15(14)18/h2,5-8,11,14-15,17-18H,3-4,9-10,12H2,1H3. The average molecular weight is 261 g/mol. The molecule has 2 atom stereocenters. The molecular weight excluding hydrogens is 238 g/mol. The Bertz CT molecular complexity index is 417. The van der Waals surface area contributed by atoms with Gasteiger partial charge < -0.3 is 15.2 Å². The molecule has 1 saturated carbocycles. The molecule has 104 valence electrons. The van der Waals surface area contributed by atoms with Crippen LogP contribution in [0.4, 0.5) is 0 Å².